The maximum Gasteiger partial charge on any atom is 0.221 e. The quantitative estimate of drug-likeness (QED) is 0.193. The van der Waals surface area contributed by atoms with E-state index in [1.165, 1.54) is 43.8 Å². The standard InChI is InChI=1S/C45H39N5/c1-29-16-15-19-31(28-29)43-46-42(30-17-5-3-6-18-30)47-44(48-43)50-37-26-13-14-27-45(37,2)39-34-23-10-9-22-33(34)38-35-24-11-12-25-36(35)49(40(38)41(39)50)32-20-7-4-8-21-32/h3-18,20-27,29,31,37,44H,19,28H2,1-2H3,(H,46,47,48). The number of allylic oxidation sites excluding steroid dienone is 4. The van der Waals surface area contributed by atoms with Crippen LogP contribution in [0, 0.1) is 11.8 Å². The molecule has 3 heterocycles. The number of fused-ring (bicyclic) bond motifs is 10. The highest BCUT2D eigenvalue weighted by molar-refractivity contribution is 6.27. The average molecular weight is 650 g/mol. The molecule has 2 aliphatic carbocycles. The van der Waals surface area contributed by atoms with Gasteiger partial charge >= 0.3 is 0 Å². The van der Waals surface area contributed by atoms with Crippen molar-refractivity contribution in [2.24, 2.45) is 21.8 Å². The fourth-order valence-electron chi connectivity index (χ4n) is 9.13. The van der Waals surface area contributed by atoms with E-state index in [2.05, 4.69) is 174 Å². The van der Waals surface area contributed by atoms with E-state index in [1.807, 2.05) is 0 Å². The summed E-state index contributed by atoms with van der Waals surface area (Å²) in [7, 11) is 0. The smallest absolute Gasteiger partial charge is 0.221 e. The molecule has 1 N–H and O–H groups in total. The van der Waals surface area contributed by atoms with Crippen LogP contribution in [0.15, 0.2) is 156 Å². The van der Waals surface area contributed by atoms with Crippen molar-refractivity contribution < 1.29 is 0 Å². The highest BCUT2D eigenvalue weighted by Gasteiger charge is 2.51. The van der Waals surface area contributed by atoms with Crippen molar-refractivity contribution in [2.45, 2.75) is 44.4 Å². The molecule has 244 valence electrons. The maximum atomic E-state index is 5.60. The molecule has 0 saturated heterocycles. The molecule has 5 unspecified atom stereocenters. The van der Waals surface area contributed by atoms with Gasteiger partial charge in [0.25, 0.3) is 0 Å². The highest BCUT2D eigenvalue weighted by atomic mass is 15.4. The molecule has 4 aliphatic rings. The second-order valence-corrected chi connectivity index (χ2v) is 14.5. The van der Waals surface area contributed by atoms with E-state index >= 15 is 0 Å². The van der Waals surface area contributed by atoms with E-state index in [9.17, 15) is 0 Å². The summed E-state index contributed by atoms with van der Waals surface area (Å²) in [4.78, 5) is 13.7. The first kappa shape index (κ1) is 29.3. The Hall–Kier alpha value is -5.68. The summed E-state index contributed by atoms with van der Waals surface area (Å²) in [6.07, 6.45) is 15.5. The van der Waals surface area contributed by atoms with Crippen LogP contribution in [-0.4, -0.2) is 28.6 Å². The van der Waals surface area contributed by atoms with Gasteiger partial charge in [0.05, 0.1) is 22.8 Å². The van der Waals surface area contributed by atoms with Crippen LogP contribution in [0.3, 0.4) is 0 Å². The van der Waals surface area contributed by atoms with Crippen molar-refractivity contribution in [3.8, 4) is 5.69 Å². The summed E-state index contributed by atoms with van der Waals surface area (Å²) in [6, 6.07) is 39.3. The van der Waals surface area contributed by atoms with Crippen LogP contribution >= 0.6 is 0 Å². The number of aliphatic imine (C=N–C) groups is 2. The second kappa shape index (κ2) is 11.2. The van der Waals surface area contributed by atoms with Crippen LogP contribution in [0.5, 0.6) is 0 Å². The van der Waals surface area contributed by atoms with Gasteiger partial charge in [-0.25, -0.2) is 9.98 Å². The van der Waals surface area contributed by atoms with Crippen LogP contribution in [0.4, 0.5) is 5.69 Å². The lowest BCUT2D eigenvalue weighted by Gasteiger charge is -2.39. The molecule has 6 aromatic rings. The zero-order valence-corrected chi connectivity index (χ0v) is 28.4. The molecule has 5 aromatic carbocycles. The molecule has 5 atom stereocenters. The van der Waals surface area contributed by atoms with Crippen molar-refractivity contribution in [1.82, 2.24) is 9.88 Å². The van der Waals surface area contributed by atoms with Crippen molar-refractivity contribution in [3.63, 3.8) is 0 Å². The zero-order chi connectivity index (χ0) is 33.4. The van der Waals surface area contributed by atoms with Crippen LogP contribution in [0.1, 0.15) is 37.8 Å². The minimum atomic E-state index is -0.462. The lowest BCUT2D eigenvalue weighted by molar-refractivity contribution is 0.473. The van der Waals surface area contributed by atoms with Gasteiger partial charge in [0, 0.05) is 33.4 Å². The van der Waals surface area contributed by atoms with Crippen LogP contribution in [0.2, 0.25) is 0 Å². The predicted molar refractivity (Wildman–Crippen MR) is 209 cm³/mol. The van der Waals surface area contributed by atoms with Crippen LogP contribution in [-0.2, 0) is 5.41 Å². The predicted octanol–water partition coefficient (Wildman–Crippen LogP) is 9.84. The fraction of sp³-hybridized carbons (Fsp3) is 0.200. The maximum absolute atomic E-state index is 5.60. The monoisotopic (exact) mass is 649 g/mol. The van der Waals surface area contributed by atoms with Gasteiger partial charge in [-0.1, -0.05) is 134 Å². The Morgan fingerprint density at radius 1 is 0.760 bits per heavy atom. The molecule has 5 nitrogen and oxygen atoms in total. The lowest BCUT2D eigenvalue weighted by atomic mass is 9.74. The van der Waals surface area contributed by atoms with E-state index in [4.69, 9.17) is 9.98 Å². The first-order valence-electron chi connectivity index (χ1n) is 17.9. The SMILES string of the molecule is CC1C=CCC(C2=NC(N3c4c(c5ccccc5c5c6ccccc6n(-c6ccccc6)c45)C4(C)C=CC=CC34)N=C(c3ccccc3)N2)C1. The third kappa shape index (κ3) is 4.25. The van der Waals surface area contributed by atoms with Crippen LogP contribution in [0.25, 0.3) is 38.3 Å². The Kier molecular flexibility index (Phi) is 6.54. The molecule has 10 rings (SSSR count). The second-order valence-electron chi connectivity index (χ2n) is 14.5. The number of para-hydroxylation sites is 2. The molecule has 0 fully saturated rings. The number of nitrogens with zero attached hydrogens (tertiary/aromatic N) is 4. The van der Waals surface area contributed by atoms with E-state index in [0.29, 0.717) is 11.8 Å². The van der Waals surface area contributed by atoms with Crippen molar-refractivity contribution in [2.75, 3.05) is 4.90 Å². The zero-order valence-electron chi connectivity index (χ0n) is 28.4. The van der Waals surface area contributed by atoms with Gasteiger partial charge < -0.3 is 14.8 Å². The number of amidine groups is 2. The molecular weight excluding hydrogens is 611 g/mol. The number of benzene rings is 5. The van der Waals surface area contributed by atoms with Gasteiger partial charge in [-0.15, -0.1) is 0 Å². The van der Waals surface area contributed by atoms with Gasteiger partial charge in [-0.3, -0.25) is 0 Å². The lowest BCUT2D eigenvalue weighted by Crippen LogP contribution is -2.50. The fourth-order valence-corrected chi connectivity index (χ4v) is 9.13. The summed E-state index contributed by atoms with van der Waals surface area (Å²) in [5.74, 6) is 2.72. The Labute approximate surface area is 292 Å². The Morgan fingerprint density at radius 3 is 2.28 bits per heavy atom. The molecule has 0 bridgehead atoms. The Balaban J connectivity index is 1.33. The molecule has 1 aromatic heterocycles. The minimum Gasteiger partial charge on any atom is -0.328 e. The third-order valence-electron chi connectivity index (χ3n) is 11.3. The third-order valence-corrected chi connectivity index (χ3v) is 11.3. The number of hydrogen-bond acceptors (Lipinski definition) is 4. The number of hydrogen-bond donors (Lipinski definition) is 1. The first-order valence-corrected chi connectivity index (χ1v) is 17.9. The van der Waals surface area contributed by atoms with Crippen molar-refractivity contribution >= 4 is 49.9 Å². The Morgan fingerprint density at radius 2 is 1.48 bits per heavy atom. The summed E-state index contributed by atoms with van der Waals surface area (Å²) < 4.78 is 2.48. The molecule has 5 heteroatoms. The number of anilines is 1. The number of nitrogens with one attached hydrogen (secondary N) is 1. The molecule has 0 spiro atoms. The summed E-state index contributed by atoms with van der Waals surface area (Å²) in [5, 5.41) is 8.84. The largest absolute Gasteiger partial charge is 0.328 e. The van der Waals surface area contributed by atoms with Gasteiger partial charge in [0.1, 0.15) is 11.7 Å². The van der Waals surface area contributed by atoms with E-state index in [-0.39, 0.29) is 11.5 Å². The van der Waals surface area contributed by atoms with Gasteiger partial charge in [0.2, 0.25) is 6.29 Å². The normalized spacial score (nSPS) is 25.4. The Bertz CT molecular complexity index is 2470. The van der Waals surface area contributed by atoms with E-state index in [0.717, 1.165) is 35.8 Å². The summed E-state index contributed by atoms with van der Waals surface area (Å²) >= 11 is 0. The van der Waals surface area contributed by atoms with Gasteiger partial charge in [0.15, 0.2) is 0 Å². The molecule has 0 radical (unpaired) electrons. The number of rotatable bonds is 4. The first-order chi connectivity index (χ1) is 24.6. The highest BCUT2D eigenvalue weighted by Crippen LogP contribution is 2.57. The van der Waals surface area contributed by atoms with Gasteiger partial charge in [-0.2, -0.15) is 0 Å². The summed E-state index contributed by atoms with van der Waals surface area (Å²) in [5.41, 5.74) is 6.88. The van der Waals surface area contributed by atoms with Crippen LogP contribution < -0.4 is 10.2 Å². The number of aromatic nitrogens is 1. The molecular formula is C45H39N5. The van der Waals surface area contributed by atoms with Gasteiger partial charge in [-0.05, 0) is 60.2 Å². The van der Waals surface area contributed by atoms with Crippen molar-refractivity contribution in [1.29, 1.82) is 0 Å². The topological polar surface area (TPSA) is 44.9 Å². The molecule has 50 heavy (non-hydrogen) atoms. The van der Waals surface area contributed by atoms with E-state index < -0.39 is 6.29 Å². The minimum absolute atomic E-state index is 0.0118. The van der Waals surface area contributed by atoms with E-state index in [1.54, 1.807) is 0 Å². The van der Waals surface area contributed by atoms with Crippen molar-refractivity contribution in [3.05, 3.63) is 157 Å². The average Bonchev–Trinajstić information content (AvgIpc) is 3.66. The molecule has 0 saturated carbocycles. The summed E-state index contributed by atoms with van der Waals surface area (Å²) in [6.45, 7) is 4.71. The molecule has 0 amide bonds. The molecule has 2 aliphatic heterocycles.